The Balaban J connectivity index is 1.46. The summed E-state index contributed by atoms with van der Waals surface area (Å²) in [6, 6.07) is 3.15. The molecule has 0 aromatic heterocycles. The Labute approximate surface area is 171 Å². The molecule has 10 heteroatoms. The molecule has 2 aliphatic rings. The van der Waals surface area contributed by atoms with Gasteiger partial charge >= 0.3 is 11.8 Å². The minimum absolute atomic E-state index is 0.131. The molecule has 2 N–H and O–H groups in total. The van der Waals surface area contributed by atoms with Gasteiger partial charge in [-0.15, -0.1) is 0 Å². The number of benzene rings is 1. The zero-order valence-corrected chi connectivity index (χ0v) is 16.7. The predicted molar refractivity (Wildman–Crippen MR) is 104 cm³/mol. The summed E-state index contributed by atoms with van der Waals surface area (Å²) in [5, 5.41) is 6.29. The highest BCUT2D eigenvalue weighted by molar-refractivity contribution is 6.42. The van der Waals surface area contributed by atoms with Crippen molar-refractivity contribution >= 4 is 58.2 Å². The van der Waals surface area contributed by atoms with Crippen molar-refractivity contribution in [1.29, 1.82) is 0 Å². The lowest BCUT2D eigenvalue weighted by Gasteiger charge is -2.33. The number of rotatable bonds is 4. The molecule has 2 fully saturated rings. The molecule has 0 unspecified atom stereocenters. The number of halogens is 3. The van der Waals surface area contributed by atoms with Crippen LogP contribution in [0.5, 0.6) is 0 Å². The van der Waals surface area contributed by atoms with E-state index in [2.05, 4.69) is 10.6 Å². The predicted octanol–water partition coefficient (Wildman–Crippen LogP) is 2.01. The molecule has 3 rings (SSSR count). The normalized spacial score (nSPS) is 17.5. The van der Waals surface area contributed by atoms with Gasteiger partial charge in [-0.05, 0) is 25.0 Å². The summed E-state index contributed by atoms with van der Waals surface area (Å²) in [6.45, 7) is 1.92. The molecular formula is C17H19Cl3N4O3. The zero-order valence-electron chi connectivity index (χ0n) is 14.4. The summed E-state index contributed by atoms with van der Waals surface area (Å²) in [4.78, 5) is 39.6. The van der Waals surface area contributed by atoms with Crippen LogP contribution in [0.4, 0.5) is 5.69 Å². The molecular weight excluding hydrogens is 415 g/mol. The van der Waals surface area contributed by atoms with Gasteiger partial charge in [0.05, 0.1) is 22.3 Å². The van der Waals surface area contributed by atoms with E-state index in [-0.39, 0.29) is 28.5 Å². The Morgan fingerprint density at radius 3 is 2.15 bits per heavy atom. The van der Waals surface area contributed by atoms with Gasteiger partial charge in [-0.3, -0.25) is 19.3 Å². The van der Waals surface area contributed by atoms with E-state index in [9.17, 15) is 14.4 Å². The zero-order chi connectivity index (χ0) is 19.6. The lowest BCUT2D eigenvalue weighted by Crippen LogP contribution is -2.53. The van der Waals surface area contributed by atoms with Gasteiger partial charge in [-0.25, -0.2) is 0 Å². The maximum atomic E-state index is 12.3. The summed E-state index contributed by atoms with van der Waals surface area (Å²) < 4.78 is 0. The molecule has 146 valence electrons. The summed E-state index contributed by atoms with van der Waals surface area (Å²) in [6.07, 6.45) is 1.87. The van der Waals surface area contributed by atoms with Crippen LogP contribution in [-0.4, -0.2) is 66.3 Å². The molecule has 27 heavy (non-hydrogen) atoms. The highest BCUT2D eigenvalue weighted by Gasteiger charge is 2.31. The lowest BCUT2D eigenvalue weighted by atomic mass is 10.2. The fourth-order valence-electron chi connectivity index (χ4n) is 2.77. The number of piperazine rings is 1. The molecule has 0 atom stereocenters. The van der Waals surface area contributed by atoms with Crippen LogP contribution < -0.4 is 10.6 Å². The number of hydrogen-bond acceptors (Lipinski definition) is 4. The number of hydrogen-bond donors (Lipinski definition) is 2. The van der Waals surface area contributed by atoms with Gasteiger partial charge in [0.15, 0.2) is 0 Å². The number of carbonyl (C=O) groups is 3. The van der Waals surface area contributed by atoms with Gasteiger partial charge in [0.1, 0.15) is 0 Å². The third kappa shape index (κ3) is 5.48. The lowest BCUT2D eigenvalue weighted by molar-refractivity contribution is -0.147. The monoisotopic (exact) mass is 432 g/mol. The minimum Gasteiger partial charge on any atom is -0.345 e. The number of amides is 3. The SMILES string of the molecule is O=C(CN1CCN(C(=O)C(=O)NC2CC2)CC1)Nc1c(Cl)cc(Cl)cc1Cl. The highest BCUT2D eigenvalue weighted by atomic mass is 35.5. The van der Waals surface area contributed by atoms with E-state index in [1.165, 1.54) is 17.0 Å². The third-order valence-corrected chi connectivity index (χ3v) is 5.22. The van der Waals surface area contributed by atoms with Gasteiger partial charge in [-0.1, -0.05) is 34.8 Å². The Morgan fingerprint density at radius 1 is 1.00 bits per heavy atom. The van der Waals surface area contributed by atoms with Crippen LogP contribution in [0.15, 0.2) is 12.1 Å². The molecule has 7 nitrogen and oxygen atoms in total. The molecule has 1 heterocycles. The van der Waals surface area contributed by atoms with E-state index in [4.69, 9.17) is 34.8 Å². The van der Waals surface area contributed by atoms with Crippen LogP contribution in [0.3, 0.4) is 0 Å². The second-order valence-electron chi connectivity index (χ2n) is 6.61. The van der Waals surface area contributed by atoms with Crippen LogP contribution in [0.25, 0.3) is 0 Å². The van der Waals surface area contributed by atoms with Crippen molar-refractivity contribution in [3.63, 3.8) is 0 Å². The Hall–Kier alpha value is -1.54. The second-order valence-corrected chi connectivity index (χ2v) is 7.86. The maximum absolute atomic E-state index is 12.3. The summed E-state index contributed by atoms with van der Waals surface area (Å²) in [7, 11) is 0. The van der Waals surface area contributed by atoms with Gasteiger partial charge < -0.3 is 15.5 Å². The Bertz CT molecular complexity index is 739. The van der Waals surface area contributed by atoms with Crippen molar-refractivity contribution in [3.05, 3.63) is 27.2 Å². The molecule has 1 saturated carbocycles. The highest BCUT2D eigenvalue weighted by Crippen LogP contribution is 2.33. The quantitative estimate of drug-likeness (QED) is 0.712. The van der Waals surface area contributed by atoms with Crippen molar-refractivity contribution in [1.82, 2.24) is 15.1 Å². The largest absolute Gasteiger partial charge is 0.345 e. The maximum Gasteiger partial charge on any atom is 0.311 e. The number of nitrogens with zero attached hydrogens (tertiary/aromatic N) is 2. The summed E-state index contributed by atoms with van der Waals surface area (Å²) in [5.41, 5.74) is 0.318. The van der Waals surface area contributed by atoms with E-state index in [0.29, 0.717) is 36.9 Å². The first-order valence-corrected chi connectivity index (χ1v) is 9.73. The van der Waals surface area contributed by atoms with Crippen molar-refractivity contribution in [3.8, 4) is 0 Å². The molecule has 1 saturated heterocycles. The second kappa shape index (κ2) is 8.65. The minimum atomic E-state index is -0.546. The van der Waals surface area contributed by atoms with E-state index >= 15 is 0 Å². The van der Waals surface area contributed by atoms with Crippen molar-refractivity contribution < 1.29 is 14.4 Å². The van der Waals surface area contributed by atoms with Gasteiger partial charge in [0.25, 0.3) is 0 Å². The van der Waals surface area contributed by atoms with Crippen molar-refractivity contribution in [2.75, 3.05) is 38.0 Å². The van der Waals surface area contributed by atoms with Crippen LogP contribution in [-0.2, 0) is 14.4 Å². The van der Waals surface area contributed by atoms with Crippen LogP contribution in [0, 0.1) is 0 Å². The molecule has 3 amide bonds. The fourth-order valence-corrected chi connectivity index (χ4v) is 3.68. The molecule has 1 aromatic carbocycles. The molecule has 1 aliphatic heterocycles. The standard InChI is InChI=1S/C17H19Cl3N4O3/c18-10-7-12(19)15(13(20)8-10)22-14(25)9-23-3-5-24(6-4-23)17(27)16(26)21-11-1-2-11/h7-8,11H,1-6,9H2,(H,21,26)(H,22,25). The molecule has 0 spiro atoms. The van der Waals surface area contributed by atoms with E-state index in [1.54, 1.807) is 0 Å². The smallest absolute Gasteiger partial charge is 0.311 e. The summed E-state index contributed by atoms with van der Waals surface area (Å²) in [5.74, 6) is -1.33. The van der Waals surface area contributed by atoms with Crippen molar-refractivity contribution in [2.24, 2.45) is 0 Å². The molecule has 0 bridgehead atoms. The van der Waals surface area contributed by atoms with Crippen LogP contribution in [0.1, 0.15) is 12.8 Å². The fraction of sp³-hybridized carbons (Fsp3) is 0.471. The average Bonchev–Trinajstić information content (AvgIpc) is 3.42. The van der Waals surface area contributed by atoms with Gasteiger partial charge in [0.2, 0.25) is 5.91 Å². The van der Waals surface area contributed by atoms with Gasteiger partial charge in [-0.2, -0.15) is 0 Å². The van der Waals surface area contributed by atoms with Gasteiger partial charge in [0, 0.05) is 37.2 Å². The first-order chi connectivity index (χ1) is 12.8. The number of nitrogens with one attached hydrogen (secondary N) is 2. The third-order valence-electron chi connectivity index (χ3n) is 4.40. The van der Waals surface area contributed by atoms with E-state index in [0.717, 1.165) is 12.8 Å². The number of carbonyl (C=O) groups excluding carboxylic acids is 3. The first-order valence-electron chi connectivity index (χ1n) is 8.60. The first kappa shape index (κ1) is 20.2. The van der Waals surface area contributed by atoms with E-state index < -0.39 is 11.8 Å². The Kier molecular flexibility index (Phi) is 6.47. The molecule has 1 aromatic rings. The van der Waals surface area contributed by atoms with Crippen molar-refractivity contribution in [2.45, 2.75) is 18.9 Å². The summed E-state index contributed by atoms with van der Waals surface area (Å²) >= 11 is 18.0. The van der Waals surface area contributed by atoms with Crippen LogP contribution in [0.2, 0.25) is 15.1 Å². The Morgan fingerprint density at radius 2 is 1.59 bits per heavy atom. The molecule has 0 radical (unpaired) electrons. The molecule has 1 aliphatic carbocycles. The number of anilines is 1. The topological polar surface area (TPSA) is 81.8 Å². The van der Waals surface area contributed by atoms with Crippen LogP contribution >= 0.6 is 34.8 Å². The van der Waals surface area contributed by atoms with E-state index in [1.807, 2.05) is 4.90 Å². The average molecular weight is 434 g/mol.